The second kappa shape index (κ2) is 5.97. The van der Waals surface area contributed by atoms with E-state index in [1.54, 1.807) is 12.3 Å². The molecular formula is C18H19N3. The molecule has 21 heavy (non-hydrogen) atoms. The maximum atomic E-state index is 8.79. The van der Waals surface area contributed by atoms with Crippen LogP contribution >= 0.6 is 0 Å². The molecule has 3 heteroatoms. The van der Waals surface area contributed by atoms with Crippen molar-refractivity contribution in [1.82, 2.24) is 4.98 Å². The summed E-state index contributed by atoms with van der Waals surface area (Å²) in [7, 11) is 0. The van der Waals surface area contributed by atoms with Gasteiger partial charge in [-0.25, -0.2) is 4.98 Å². The fourth-order valence-electron chi connectivity index (χ4n) is 2.87. The second-order valence-electron chi connectivity index (χ2n) is 5.65. The van der Waals surface area contributed by atoms with Gasteiger partial charge in [-0.05, 0) is 61.4 Å². The van der Waals surface area contributed by atoms with Crippen molar-refractivity contribution in [2.45, 2.75) is 38.6 Å². The van der Waals surface area contributed by atoms with Crippen LogP contribution in [-0.2, 0) is 12.8 Å². The Hall–Kier alpha value is -2.34. The molecule has 1 unspecified atom stereocenters. The van der Waals surface area contributed by atoms with Crippen molar-refractivity contribution in [3.8, 4) is 6.07 Å². The predicted molar refractivity (Wildman–Crippen MR) is 84.1 cm³/mol. The number of hydrogen-bond acceptors (Lipinski definition) is 3. The molecule has 0 aliphatic heterocycles. The van der Waals surface area contributed by atoms with E-state index in [4.69, 9.17) is 5.26 Å². The molecule has 3 nitrogen and oxygen atoms in total. The van der Waals surface area contributed by atoms with Gasteiger partial charge in [-0.2, -0.15) is 5.26 Å². The molecule has 0 amide bonds. The number of fused-ring (bicyclic) bond motifs is 1. The molecule has 0 spiro atoms. The Morgan fingerprint density at radius 3 is 2.67 bits per heavy atom. The first-order chi connectivity index (χ1) is 10.3. The van der Waals surface area contributed by atoms with Crippen molar-refractivity contribution in [3.05, 3.63) is 58.8 Å². The molecular weight excluding hydrogens is 258 g/mol. The topological polar surface area (TPSA) is 48.7 Å². The Morgan fingerprint density at radius 1 is 1.14 bits per heavy atom. The van der Waals surface area contributed by atoms with Gasteiger partial charge in [0.05, 0.1) is 5.56 Å². The maximum Gasteiger partial charge on any atom is 0.126 e. The Bertz CT molecular complexity index is 668. The van der Waals surface area contributed by atoms with E-state index in [2.05, 4.69) is 41.5 Å². The summed E-state index contributed by atoms with van der Waals surface area (Å²) < 4.78 is 0. The number of hydrogen-bond donors (Lipinski definition) is 1. The van der Waals surface area contributed by atoms with Crippen molar-refractivity contribution in [2.75, 3.05) is 5.32 Å². The van der Waals surface area contributed by atoms with E-state index in [1.807, 2.05) is 6.07 Å². The Kier molecular flexibility index (Phi) is 3.87. The Balaban J connectivity index is 1.75. The van der Waals surface area contributed by atoms with E-state index in [1.165, 1.54) is 42.4 Å². The van der Waals surface area contributed by atoms with Gasteiger partial charge in [0.25, 0.3) is 0 Å². The first-order valence-corrected chi connectivity index (χ1v) is 7.50. The number of nitrogens with one attached hydrogen (secondary N) is 1. The molecule has 1 N–H and O–H groups in total. The largest absolute Gasteiger partial charge is 0.364 e. The van der Waals surface area contributed by atoms with Crippen LogP contribution in [0.4, 0.5) is 5.82 Å². The van der Waals surface area contributed by atoms with E-state index in [-0.39, 0.29) is 6.04 Å². The van der Waals surface area contributed by atoms with Gasteiger partial charge in [0, 0.05) is 12.2 Å². The van der Waals surface area contributed by atoms with Crippen LogP contribution in [0.1, 0.15) is 48.1 Å². The van der Waals surface area contributed by atoms with Crippen molar-refractivity contribution < 1.29 is 0 Å². The first-order valence-electron chi connectivity index (χ1n) is 7.50. The van der Waals surface area contributed by atoms with E-state index < -0.39 is 0 Å². The number of aryl methyl sites for hydroxylation is 2. The molecule has 1 atom stereocenters. The highest BCUT2D eigenvalue weighted by Gasteiger charge is 2.12. The summed E-state index contributed by atoms with van der Waals surface area (Å²) in [5.74, 6) is 0.805. The minimum atomic E-state index is 0.206. The number of nitrogens with zero attached hydrogens (tertiary/aromatic N) is 2. The van der Waals surface area contributed by atoms with Gasteiger partial charge in [-0.3, -0.25) is 0 Å². The second-order valence-corrected chi connectivity index (χ2v) is 5.65. The molecule has 1 heterocycles. The third-order valence-corrected chi connectivity index (χ3v) is 4.13. The highest BCUT2D eigenvalue weighted by molar-refractivity contribution is 5.43. The van der Waals surface area contributed by atoms with Crippen LogP contribution in [0.5, 0.6) is 0 Å². The number of anilines is 1. The van der Waals surface area contributed by atoms with E-state index in [0.717, 1.165) is 5.82 Å². The van der Waals surface area contributed by atoms with Gasteiger partial charge < -0.3 is 5.32 Å². The summed E-state index contributed by atoms with van der Waals surface area (Å²) in [6, 6.07) is 12.7. The van der Waals surface area contributed by atoms with Gasteiger partial charge in [0.1, 0.15) is 11.9 Å². The van der Waals surface area contributed by atoms with E-state index >= 15 is 0 Å². The van der Waals surface area contributed by atoms with Crippen LogP contribution < -0.4 is 5.32 Å². The van der Waals surface area contributed by atoms with Gasteiger partial charge in [0.2, 0.25) is 0 Å². The number of aromatic nitrogens is 1. The third kappa shape index (κ3) is 3.05. The summed E-state index contributed by atoms with van der Waals surface area (Å²) in [6.45, 7) is 2.14. The highest BCUT2D eigenvalue weighted by Crippen LogP contribution is 2.26. The lowest BCUT2D eigenvalue weighted by molar-refractivity contribution is 0.683. The number of benzene rings is 1. The zero-order chi connectivity index (χ0) is 14.7. The molecule has 0 saturated carbocycles. The fourth-order valence-corrected chi connectivity index (χ4v) is 2.87. The van der Waals surface area contributed by atoms with Crippen molar-refractivity contribution in [1.29, 1.82) is 5.26 Å². The van der Waals surface area contributed by atoms with Gasteiger partial charge in [-0.1, -0.05) is 18.2 Å². The standard InChI is InChI=1S/C18H19N3/c1-13(21-18-9-6-14(11-19)12-20-18)16-8-7-15-4-2-3-5-17(15)10-16/h6-10,12-13H,2-5H2,1H3,(H,20,21). The third-order valence-electron chi connectivity index (χ3n) is 4.13. The van der Waals surface area contributed by atoms with Crippen LogP contribution in [-0.4, -0.2) is 4.98 Å². The lowest BCUT2D eigenvalue weighted by Crippen LogP contribution is -2.10. The summed E-state index contributed by atoms with van der Waals surface area (Å²) in [6.07, 6.45) is 6.63. The zero-order valence-corrected chi connectivity index (χ0v) is 12.3. The van der Waals surface area contributed by atoms with Crippen molar-refractivity contribution >= 4 is 5.82 Å². The minimum Gasteiger partial charge on any atom is -0.364 e. The minimum absolute atomic E-state index is 0.206. The molecule has 1 aliphatic rings. The molecule has 0 bridgehead atoms. The Morgan fingerprint density at radius 2 is 1.95 bits per heavy atom. The molecule has 1 aromatic carbocycles. The van der Waals surface area contributed by atoms with Crippen LogP contribution in [0, 0.1) is 11.3 Å². The van der Waals surface area contributed by atoms with Crippen molar-refractivity contribution in [3.63, 3.8) is 0 Å². The highest BCUT2D eigenvalue weighted by atomic mass is 15.0. The number of pyridine rings is 1. The average molecular weight is 277 g/mol. The normalized spacial score (nSPS) is 14.9. The van der Waals surface area contributed by atoms with Gasteiger partial charge in [-0.15, -0.1) is 0 Å². The molecule has 0 radical (unpaired) electrons. The number of rotatable bonds is 3. The summed E-state index contributed by atoms with van der Waals surface area (Å²) >= 11 is 0. The lowest BCUT2D eigenvalue weighted by Gasteiger charge is -2.20. The predicted octanol–water partition coefficient (Wildman–Crippen LogP) is 4.01. The first kappa shape index (κ1) is 13.6. The number of nitriles is 1. The smallest absolute Gasteiger partial charge is 0.126 e. The monoisotopic (exact) mass is 277 g/mol. The van der Waals surface area contributed by atoms with Crippen LogP contribution in [0.2, 0.25) is 0 Å². The molecule has 1 aromatic heterocycles. The molecule has 0 fully saturated rings. The maximum absolute atomic E-state index is 8.79. The van der Waals surface area contributed by atoms with Crippen LogP contribution in [0.15, 0.2) is 36.5 Å². The molecule has 1 aliphatic carbocycles. The SMILES string of the molecule is CC(Nc1ccc(C#N)cn1)c1ccc2c(c1)CCCC2. The van der Waals surface area contributed by atoms with E-state index in [9.17, 15) is 0 Å². The van der Waals surface area contributed by atoms with Gasteiger partial charge in [0.15, 0.2) is 0 Å². The van der Waals surface area contributed by atoms with Crippen LogP contribution in [0.3, 0.4) is 0 Å². The van der Waals surface area contributed by atoms with Crippen molar-refractivity contribution in [2.24, 2.45) is 0 Å². The summed E-state index contributed by atoms with van der Waals surface area (Å²) in [4.78, 5) is 4.27. The summed E-state index contributed by atoms with van der Waals surface area (Å²) in [5.41, 5.74) is 4.89. The summed E-state index contributed by atoms with van der Waals surface area (Å²) in [5, 5.41) is 12.2. The Labute approximate surface area is 125 Å². The molecule has 0 saturated heterocycles. The molecule has 106 valence electrons. The quantitative estimate of drug-likeness (QED) is 0.922. The zero-order valence-electron chi connectivity index (χ0n) is 12.3. The van der Waals surface area contributed by atoms with Crippen LogP contribution in [0.25, 0.3) is 0 Å². The average Bonchev–Trinajstić information content (AvgIpc) is 2.55. The molecule has 3 rings (SSSR count). The fraction of sp³-hybridized carbons (Fsp3) is 0.333. The lowest BCUT2D eigenvalue weighted by atomic mass is 9.89. The molecule has 2 aromatic rings. The van der Waals surface area contributed by atoms with E-state index in [0.29, 0.717) is 5.56 Å². The van der Waals surface area contributed by atoms with Gasteiger partial charge >= 0.3 is 0 Å².